The van der Waals surface area contributed by atoms with Crippen LogP contribution in [0.1, 0.15) is 61.8 Å². The summed E-state index contributed by atoms with van der Waals surface area (Å²) < 4.78 is 18.3. The lowest BCUT2D eigenvalue weighted by atomic mass is 9.89. The van der Waals surface area contributed by atoms with Crippen LogP contribution < -0.4 is 36.5 Å². The van der Waals surface area contributed by atoms with Gasteiger partial charge in [-0.2, -0.15) is 0 Å². The molecule has 0 N–H and O–H groups in total. The van der Waals surface area contributed by atoms with Gasteiger partial charge in [0.2, 0.25) is 0 Å². The number of rotatable bonds is 8. The summed E-state index contributed by atoms with van der Waals surface area (Å²) >= 11 is 0. The maximum Gasteiger partial charge on any atom is 0.344 e. The summed E-state index contributed by atoms with van der Waals surface area (Å²) in [7, 11) is 0. The van der Waals surface area contributed by atoms with Gasteiger partial charge in [-0.1, -0.05) is 36.4 Å². The summed E-state index contributed by atoms with van der Waals surface area (Å²) in [6.07, 6.45) is 8.11. The molecule has 6 aromatic carbocycles. The second kappa shape index (κ2) is 17.2. The van der Waals surface area contributed by atoms with Crippen LogP contribution in [0.2, 0.25) is 0 Å². The van der Waals surface area contributed by atoms with E-state index in [-0.39, 0.29) is 16.9 Å². The van der Waals surface area contributed by atoms with Gasteiger partial charge in [-0.15, -0.1) is 0 Å². The summed E-state index contributed by atoms with van der Waals surface area (Å²) in [6, 6.07) is 40.5. The van der Waals surface area contributed by atoms with Crippen molar-refractivity contribution in [3.05, 3.63) is 175 Å². The number of anilines is 6. The number of fused-ring (bicyclic) bond motifs is 7. The lowest BCUT2D eigenvalue weighted by Crippen LogP contribution is -2.34. The van der Waals surface area contributed by atoms with Crippen LogP contribution in [0.4, 0.5) is 34.1 Å². The van der Waals surface area contributed by atoms with Gasteiger partial charge < -0.3 is 32.9 Å². The number of aryl methyl sites for hydroxylation is 4. The highest BCUT2D eigenvalue weighted by Gasteiger charge is 2.28. The van der Waals surface area contributed by atoms with Gasteiger partial charge in [-0.25, -0.2) is 14.4 Å². The van der Waals surface area contributed by atoms with Crippen LogP contribution in [0.25, 0.3) is 66.3 Å². The first-order chi connectivity index (χ1) is 34.8. The molecule has 0 fully saturated rings. The fourth-order valence-electron chi connectivity index (χ4n) is 12.1. The van der Waals surface area contributed by atoms with Crippen LogP contribution in [0.3, 0.4) is 0 Å². The zero-order valence-electron chi connectivity index (χ0n) is 40.2. The molecule has 9 aromatic rings. The van der Waals surface area contributed by atoms with E-state index in [1.165, 1.54) is 22.4 Å². The van der Waals surface area contributed by atoms with Gasteiger partial charge in [0.05, 0.1) is 16.7 Å². The number of nitrogens with zero attached hydrogens (tertiary/aromatic N) is 4. The SMILES string of the molecule is CCN1CCCc2cc3cc(-c4ccc(N(c5ccc(-c6cc7ccc8c(c7oc6=O)CCCN8CC)cc5)c5ccc(-c6cc7cc8c9c(c7oc6=O)CCCN9CCC8)cc5)cc4)c(=O)oc3cc21. The molecule has 10 nitrogen and oxygen atoms in total. The highest BCUT2D eigenvalue weighted by molar-refractivity contribution is 5.92. The minimum atomic E-state index is -0.382. The molecule has 0 spiro atoms. The van der Waals surface area contributed by atoms with E-state index in [9.17, 15) is 14.4 Å². The number of hydrogen-bond acceptors (Lipinski definition) is 10. The van der Waals surface area contributed by atoms with Gasteiger partial charge in [0, 0.05) is 107 Å². The molecule has 3 aromatic heterocycles. The van der Waals surface area contributed by atoms with E-state index >= 15 is 0 Å². The minimum absolute atomic E-state index is 0.348. The first-order valence-corrected chi connectivity index (χ1v) is 25.5. The summed E-state index contributed by atoms with van der Waals surface area (Å²) in [6.45, 7) is 10.2. The summed E-state index contributed by atoms with van der Waals surface area (Å²) in [5, 5.41) is 2.78. The Morgan fingerprint density at radius 1 is 0.451 bits per heavy atom. The van der Waals surface area contributed by atoms with Crippen molar-refractivity contribution in [1.82, 2.24) is 0 Å². The van der Waals surface area contributed by atoms with E-state index in [0.717, 1.165) is 157 Å². The number of benzene rings is 6. The molecular formula is C61H54N4O6. The molecule has 71 heavy (non-hydrogen) atoms. The first kappa shape index (κ1) is 43.2. The molecule has 0 saturated carbocycles. The molecule has 10 heteroatoms. The van der Waals surface area contributed by atoms with E-state index in [1.54, 1.807) is 0 Å². The third-order valence-electron chi connectivity index (χ3n) is 15.6. The third-order valence-corrected chi connectivity index (χ3v) is 15.6. The van der Waals surface area contributed by atoms with Crippen molar-refractivity contribution in [1.29, 1.82) is 0 Å². The Labute approximate surface area is 411 Å². The van der Waals surface area contributed by atoms with Crippen LogP contribution in [0, 0.1) is 0 Å². The van der Waals surface area contributed by atoms with Gasteiger partial charge in [0.15, 0.2) is 0 Å². The molecule has 4 aliphatic heterocycles. The van der Waals surface area contributed by atoms with E-state index in [1.807, 2.05) is 97.1 Å². The third kappa shape index (κ3) is 7.33. The molecule has 7 heterocycles. The predicted molar refractivity (Wildman–Crippen MR) is 287 cm³/mol. The van der Waals surface area contributed by atoms with Crippen molar-refractivity contribution < 1.29 is 13.3 Å². The topological polar surface area (TPSA) is 104 Å². The molecule has 0 atom stereocenters. The van der Waals surface area contributed by atoms with Crippen LogP contribution in [-0.4, -0.2) is 39.3 Å². The standard InChI is InChI=1S/C61H54N4O6/c1-3-62-28-7-11-48-53(62)26-19-42-33-50(60(67)70-57(42)48)37-13-20-45(21-14-37)65(46-22-15-38(16-23-46)51-34-43-31-40-9-5-27-63(4-2)54(40)36-55(43)69-59(51)66)47-24-17-39(18-25-47)52-35-44-32-41-10-6-29-64-30-8-12-49(56(41)64)58(44)71-61(52)68/h13-26,31-36H,3-12,27-30H2,1-2H3. The monoisotopic (exact) mass is 938 g/mol. The average Bonchev–Trinajstić information content (AvgIpc) is 3.40. The van der Waals surface area contributed by atoms with Gasteiger partial charge in [-0.3, -0.25) is 0 Å². The van der Waals surface area contributed by atoms with Crippen molar-refractivity contribution in [3.8, 4) is 33.4 Å². The second-order valence-corrected chi connectivity index (χ2v) is 19.7. The summed E-state index contributed by atoms with van der Waals surface area (Å²) in [5.41, 5.74) is 15.7. The first-order valence-electron chi connectivity index (χ1n) is 25.5. The van der Waals surface area contributed by atoms with Crippen molar-refractivity contribution in [3.63, 3.8) is 0 Å². The molecule has 354 valence electrons. The van der Waals surface area contributed by atoms with E-state index in [0.29, 0.717) is 33.4 Å². The van der Waals surface area contributed by atoms with Crippen molar-refractivity contribution in [2.24, 2.45) is 0 Å². The Bertz CT molecular complexity index is 3710. The smallest absolute Gasteiger partial charge is 0.344 e. The number of hydrogen-bond donors (Lipinski definition) is 0. The lowest BCUT2D eigenvalue weighted by molar-refractivity contribution is 0.551. The fourth-order valence-corrected chi connectivity index (χ4v) is 12.1. The zero-order valence-corrected chi connectivity index (χ0v) is 40.2. The van der Waals surface area contributed by atoms with Gasteiger partial charge in [0.25, 0.3) is 0 Å². The summed E-state index contributed by atoms with van der Waals surface area (Å²) in [4.78, 5) is 50.6. The van der Waals surface area contributed by atoms with Crippen LogP contribution >= 0.6 is 0 Å². The Balaban J connectivity index is 0.872. The molecule has 0 radical (unpaired) electrons. The van der Waals surface area contributed by atoms with Crippen LogP contribution in [-0.2, 0) is 25.7 Å². The Morgan fingerprint density at radius 2 is 0.930 bits per heavy atom. The second-order valence-electron chi connectivity index (χ2n) is 19.7. The lowest BCUT2D eigenvalue weighted by Gasteiger charge is -2.37. The molecule has 0 saturated heterocycles. The van der Waals surface area contributed by atoms with Crippen molar-refractivity contribution in [2.45, 2.75) is 65.2 Å². The Hall–Kier alpha value is -7.85. The predicted octanol–water partition coefficient (Wildman–Crippen LogP) is 12.7. The van der Waals surface area contributed by atoms with E-state index < -0.39 is 0 Å². The molecule has 0 bridgehead atoms. The van der Waals surface area contributed by atoms with E-state index in [4.69, 9.17) is 13.3 Å². The largest absolute Gasteiger partial charge is 0.422 e. The average molecular weight is 939 g/mol. The highest BCUT2D eigenvalue weighted by atomic mass is 16.4. The highest BCUT2D eigenvalue weighted by Crippen LogP contribution is 2.42. The molecular weight excluding hydrogens is 885 g/mol. The van der Waals surface area contributed by atoms with Gasteiger partial charge >= 0.3 is 16.9 Å². The molecule has 0 unspecified atom stereocenters. The van der Waals surface area contributed by atoms with Crippen LogP contribution in [0.15, 0.2) is 149 Å². The molecule has 0 amide bonds. The van der Waals surface area contributed by atoms with Crippen LogP contribution in [0.5, 0.6) is 0 Å². The maximum atomic E-state index is 13.8. The molecule has 0 aliphatic carbocycles. The quantitative estimate of drug-likeness (QED) is 0.137. The van der Waals surface area contributed by atoms with E-state index in [2.05, 4.69) is 57.7 Å². The minimum Gasteiger partial charge on any atom is -0.422 e. The molecule has 13 rings (SSSR count). The van der Waals surface area contributed by atoms with Crippen molar-refractivity contribution >= 4 is 67.0 Å². The van der Waals surface area contributed by atoms with Gasteiger partial charge in [0.1, 0.15) is 16.7 Å². The Kier molecular flexibility index (Phi) is 10.5. The Morgan fingerprint density at radius 3 is 1.55 bits per heavy atom. The fraction of sp³-hybridized carbons (Fsp3) is 0.262. The zero-order chi connectivity index (χ0) is 47.9. The van der Waals surface area contributed by atoms with Gasteiger partial charge in [-0.05, 0) is 172 Å². The maximum absolute atomic E-state index is 13.8. The normalized spacial score (nSPS) is 15.3. The summed E-state index contributed by atoms with van der Waals surface area (Å²) in [5.74, 6) is 0. The van der Waals surface area contributed by atoms with Crippen molar-refractivity contribution in [2.75, 3.05) is 58.9 Å². The molecule has 4 aliphatic rings.